The summed E-state index contributed by atoms with van der Waals surface area (Å²) >= 11 is 0. The lowest BCUT2D eigenvalue weighted by molar-refractivity contribution is 0.313. The average Bonchev–Trinajstić information content (AvgIpc) is 2.50. The third kappa shape index (κ3) is 4.01. The molecule has 1 aromatic rings. The Morgan fingerprint density at radius 2 is 1.75 bits per heavy atom. The maximum absolute atomic E-state index is 3.83. The Morgan fingerprint density at radius 1 is 1.05 bits per heavy atom. The van der Waals surface area contributed by atoms with Crippen LogP contribution in [0.4, 0.5) is 5.69 Å². The molecule has 2 rings (SSSR count). The Balaban J connectivity index is 2.11. The summed E-state index contributed by atoms with van der Waals surface area (Å²) < 4.78 is 0. The van der Waals surface area contributed by atoms with E-state index in [1.54, 1.807) is 0 Å². The molecule has 1 saturated carbocycles. The summed E-state index contributed by atoms with van der Waals surface area (Å²) in [5.41, 5.74) is 3.50. The molecular weight excluding hydrogens is 242 g/mol. The smallest absolute Gasteiger partial charge is 0.0380 e. The van der Waals surface area contributed by atoms with Crippen LogP contribution in [0.3, 0.4) is 0 Å². The molecule has 112 valence electrons. The van der Waals surface area contributed by atoms with Gasteiger partial charge in [0.2, 0.25) is 0 Å². The van der Waals surface area contributed by atoms with Crippen molar-refractivity contribution >= 4 is 5.69 Å². The molecule has 1 aliphatic carbocycles. The maximum Gasteiger partial charge on any atom is 0.0380 e. The Kier molecular flexibility index (Phi) is 4.46. The molecule has 1 nitrogen and oxygen atoms in total. The highest BCUT2D eigenvalue weighted by molar-refractivity contribution is 5.54. The van der Waals surface area contributed by atoms with Gasteiger partial charge in [-0.05, 0) is 48.1 Å². The lowest BCUT2D eigenvalue weighted by Crippen LogP contribution is -2.22. The standard InChI is InChI=1S/C19H31N/c1-18(2,3)16-10-6-7-11-17(16)20-15-9-8-13-19(4,5)14-12-15/h6-7,10-11,15,20H,8-9,12-14H2,1-5H3. The van der Waals surface area contributed by atoms with E-state index in [9.17, 15) is 0 Å². The lowest BCUT2D eigenvalue weighted by atomic mass is 9.85. The predicted molar refractivity (Wildman–Crippen MR) is 89.4 cm³/mol. The summed E-state index contributed by atoms with van der Waals surface area (Å²) in [7, 11) is 0. The Morgan fingerprint density at radius 3 is 2.45 bits per heavy atom. The van der Waals surface area contributed by atoms with E-state index in [0.29, 0.717) is 11.5 Å². The fourth-order valence-corrected chi connectivity index (χ4v) is 3.29. The van der Waals surface area contributed by atoms with E-state index >= 15 is 0 Å². The number of nitrogens with one attached hydrogen (secondary N) is 1. The molecule has 1 aromatic carbocycles. The van der Waals surface area contributed by atoms with E-state index in [4.69, 9.17) is 0 Å². The summed E-state index contributed by atoms with van der Waals surface area (Å²) in [4.78, 5) is 0. The van der Waals surface area contributed by atoms with Gasteiger partial charge in [0.05, 0.1) is 0 Å². The normalized spacial score (nSPS) is 23.1. The quantitative estimate of drug-likeness (QED) is 0.676. The topological polar surface area (TPSA) is 12.0 Å². The minimum absolute atomic E-state index is 0.202. The van der Waals surface area contributed by atoms with Crippen LogP contribution in [0.1, 0.15) is 72.3 Å². The highest BCUT2D eigenvalue weighted by Crippen LogP contribution is 2.36. The van der Waals surface area contributed by atoms with Gasteiger partial charge < -0.3 is 5.32 Å². The third-order valence-electron chi connectivity index (χ3n) is 4.67. The molecule has 1 fully saturated rings. The fraction of sp³-hybridized carbons (Fsp3) is 0.684. The molecule has 1 unspecified atom stereocenters. The van der Waals surface area contributed by atoms with Gasteiger partial charge in [-0.25, -0.2) is 0 Å². The number of hydrogen-bond donors (Lipinski definition) is 1. The molecule has 0 radical (unpaired) electrons. The van der Waals surface area contributed by atoms with Crippen molar-refractivity contribution in [3.05, 3.63) is 29.8 Å². The van der Waals surface area contributed by atoms with Gasteiger partial charge in [0.1, 0.15) is 0 Å². The van der Waals surface area contributed by atoms with E-state index in [1.807, 2.05) is 0 Å². The Labute approximate surface area is 125 Å². The molecule has 0 spiro atoms. The highest BCUT2D eigenvalue weighted by atomic mass is 14.9. The van der Waals surface area contributed by atoms with Crippen LogP contribution in [0.25, 0.3) is 0 Å². The number of anilines is 1. The maximum atomic E-state index is 3.83. The van der Waals surface area contributed by atoms with Crippen LogP contribution in [-0.2, 0) is 5.41 Å². The van der Waals surface area contributed by atoms with Crippen molar-refractivity contribution in [1.82, 2.24) is 0 Å². The van der Waals surface area contributed by atoms with E-state index in [0.717, 1.165) is 0 Å². The Hall–Kier alpha value is -0.980. The molecule has 20 heavy (non-hydrogen) atoms. The number of hydrogen-bond acceptors (Lipinski definition) is 1. The summed E-state index contributed by atoms with van der Waals surface area (Å²) in [5.74, 6) is 0. The van der Waals surface area contributed by atoms with E-state index in [-0.39, 0.29) is 5.41 Å². The number of benzene rings is 1. The molecule has 0 aliphatic heterocycles. The van der Waals surface area contributed by atoms with Crippen molar-refractivity contribution in [3.63, 3.8) is 0 Å². The molecule has 0 amide bonds. The zero-order chi connectivity index (χ0) is 14.8. The van der Waals surface area contributed by atoms with Gasteiger partial charge in [0.15, 0.2) is 0 Å². The first kappa shape index (κ1) is 15.4. The van der Waals surface area contributed by atoms with Gasteiger partial charge in [-0.3, -0.25) is 0 Å². The van der Waals surface area contributed by atoms with E-state index < -0.39 is 0 Å². The van der Waals surface area contributed by atoms with Crippen LogP contribution in [0.5, 0.6) is 0 Å². The zero-order valence-corrected chi connectivity index (χ0v) is 13.9. The van der Waals surface area contributed by atoms with Gasteiger partial charge >= 0.3 is 0 Å². The lowest BCUT2D eigenvalue weighted by Gasteiger charge is -2.27. The first-order chi connectivity index (χ1) is 9.28. The second kappa shape index (κ2) is 5.79. The predicted octanol–water partition coefficient (Wildman–Crippen LogP) is 5.75. The fourth-order valence-electron chi connectivity index (χ4n) is 3.29. The second-order valence-electron chi connectivity index (χ2n) is 8.23. The molecule has 1 aliphatic rings. The van der Waals surface area contributed by atoms with Crippen LogP contribution in [0.2, 0.25) is 0 Å². The van der Waals surface area contributed by atoms with Gasteiger partial charge in [-0.2, -0.15) is 0 Å². The van der Waals surface area contributed by atoms with Crippen molar-refractivity contribution in [2.45, 2.75) is 78.2 Å². The van der Waals surface area contributed by atoms with Gasteiger partial charge in [0.25, 0.3) is 0 Å². The molecule has 0 saturated heterocycles. The van der Waals surface area contributed by atoms with E-state index in [1.165, 1.54) is 43.4 Å². The third-order valence-corrected chi connectivity index (χ3v) is 4.67. The molecule has 0 aromatic heterocycles. The van der Waals surface area contributed by atoms with Crippen molar-refractivity contribution in [3.8, 4) is 0 Å². The number of para-hydroxylation sites is 1. The van der Waals surface area contributed by atoms with Gasteiger partial charge in [-0.15, -0.1) is 0 Å². The highest BCUT2D eigenvalue weighted by Gasteiger charge is 2.25. The average molecular weight is 273 g/mol. The largest absolute Gasteiger partial charge is 0.382 e. The molecule has 1 atom stereocenters. The van der Waals surface area contributed by atoms with Gasteiger partial charge in [-0.1, -0.05) is 59.2 Å². The monoisotopic (exact) mass is 273 g/mol. The minimum atomic E-state index is 0.202. The first-order valence-corrected chi connectivity index (χ1v) is 8.14. The second-order valence-corrected chi connectivity index (χ2v) is 8.23. The van der Waals surface area contributed by atoms with Gasteiger partial charge in [0, 0.05) is 11.7 Å². The Bertz CT molecular complexity index is 439. The first-order valence-electron chi connectivity index (χ1n) is 8.14. The summed E-state index contributed by atoms with van der Waals surface area (Å²) in [6.45, 7) is 11.7. The zero-order valence-electron chi connectivity index (χ0n) is 13.9. The van der Waals surface area contributed by atoms with Crippen molar-refractivity contribution < 1.29 is 0 Å². The van der Waals surface area contributed by atoms with Crippen LogP contribution >= 0.6 is 0 Å². The molecule has 1 heteroatoms. The van der Waals surface area contributed by atoms with Crippen molar-refractivity contribution in [2.75, 3.05) is 5.32 Å². The number of rotatable bonds is 2. The summed E-state index contributed by atoms with van der Waals surface area (Å²) in [6.07, 6.45) is 6.66. The van der Waals surface area contributed by atoms with Crippen LogP contribution in [0.15, 0.2) is 24.3 Å². The van der Waals surface area contributed by atoms with Crippen LogP contribution in [-0.4, -0.2) is 6.04 Å². The van der Waals surface area contributed by atoms with E-state index in [2.05, 4.69) is 64.2 Å². The van der Waals surface area contributed by atoms with Crippen molar-refractivity contribution in [1.29, 1.82) is 0 Å². The molecule has 0 heterocycles. The molecule has 0 bridgehead atoms. The van der Waals surface area contributed by atoms with Crippen LogP contribution in [0, 0.1) is 5.41 Å². The van der Waals surface area contributed by atoms with Crippen LogP contribution < -0.4 is 5.32 Å². The SMILES string of the molecule is CC1(C)CCCC(Nc2ccccc2C(C)(C)C)CC1. The summed E-state index contributed by atoms with van der Waals surface area (Å²) in [5, 5.41) is 3.83. The molecule has 1 N–H and O–H groups in total. The molecular formula is C19H31N. The summed E-state index contributed by atoms with van der Waals surface area (Å²) in [6, 6.07) is 9.46. The van der Waals surface area contributed by atoms with Crippen molar-refractivity contribution in [2.24, 2.45) is 5.41 Å². The minimum Gasteiger partial charge on any atom is -0.382 e.